The molecule has 0 aromatic heterocycles. The van der Waals surface area contributed by atoms with Gasteiger partial charge in [-0.15, -0.1) is 0 Å². The quantitative estimate of drug-likeness (QED) is 0.193. The smallest absolute Gasteiger partial charge is 0.271 e. The molecule has 1 fully saturated rings. The predicted octanol–water partition coefficient (Wildman–Crippen LogP) is 8.20. The number of hydrogen-bond acceptors (Lipinski definition) is 5. The lowest BCUT2D eigenvalue weighted by molar-refractivity contribution is -0.113. The number of carbonyl (C=O) groups is 1. The molecule has 3 aromatic rings. The van der Waals surface area contributed by atoms with Crippen molar-refractivity contribution >= 4 is 86.1 Å². The second-order valence-electron chi connectivity index (χ2n) is 7.29. The minimum absolute atomic E-state index is 0.174. The zero-order valence-corrected chi connectivity index (χ0v) is 23.4. The van der Waals surface area contributed by atoms with Gasteiger partial charge in [0.2, 0.25) is 0 Å². The van der Waals surface area contributed by atoms with E-state index in [9.17, 15) is 4.79 Å². The number of aliphatic imine (C=N–C) groups is 1. The number of amides is 1. The molecular formula is C26H21Cl2IN2O3S. The predicted molar refractivity (Wildman–Crippen MR) is 155 cm³/mol. The second-order valence-corrected chi connectivity index (χ2v) is 10.3. The van der Waals surface area contributed by atoms with E-state index in [1.807, 2.05) is 44.2 Å². The molecule has 35 heavy (non-hydrogen) atoms. The van der Waals surface area contributed by atoms with E-state index in [4.69, 9.17) is 37.7 Å². The fourth-order valence-corrected chi connectivity index (χ4v) is 5.40. The van der Waals surface area contributed by atoms with E-state index < -0.39 is 0 Å². The van der Waals surface area contributed by atoms with Crippen LogP contribution in [0, 0.1) is 3.57 Å². The van der Waals surface area contributed by atoms with Crippen LogP contribution in [0.4, 0.5) is 11.4 Å². The minimum atomic E-state index is -0.174. The largest absolute Gasteiger partial charge is 0.490 e. The van der Waals surface area contributed by atoms with Crippen molar-refractivity contribution in [1.29, 1.82) is 0 Å². The van der Waals surface area contributed by atoms with Crippen LogP contribution >= 0.6 is 57.6 Å². The van der Waals surface area contributed by atoms with Crippen LogP contribution in [0.3, 0.4) is 0 Å². The molecule has 1 heterocycles. The summed E-state index contributed by atoms with van der Waals surface area (Å²) in [5.41, 5.74) is 2.21. The number of thioether (sulfide) groups is 1. The number of hydrogen-bond donors (Lipinski definition) is 0. The summed E-state index contributed by atoms with van der Waals surface area (Å²) in [7, 11) is 0. The summed E-state index contributed by atoms with van der Waals surface area (Å²) in [4.78, 5) is 20.4. The first-order chi connectivity index (χ1) is 16.9. The molecule has 4 rings (SSSR count). The summed E-state index contributed by atoms with van der Waals surface area (Å²) in [6.07, 6.45) is 1.85. The fourth-order valence-electron chi connectivity index (χ4n) is 3.36. The van der Waals surface area contributed by atoms with Gasteiger partial charge in [-0.3, -0.25) is 9.69 Å². The van der Waals surface area contributed by atoms with Crippen molar-refractivity contribution in [2.75, 3.05) is 18.1 Å². The first kappa shape index (κ1) is 25.9. The van der Waals surface area contributed by atoms with E-state index in [1.54, 1.807) is 41.3 Å². The Hall–Kier alpha value is -2.20. The molecule has 0 aliphatic carbocycles. The standard InChI is InChI=1S/C26H21Cl2IN2O3S/c1-3-33-22-14-16(13-21(29)24(22)34-4-2)15-23-25(32)31(20-11-7-18(28)8-12-20)26(35-23)30-19-9-5-17(27)6-10-19/h5-15H,3-4H2,1-2H3/b23-15-,30-26?. The topological polar surface area (TPSA) is 51.1 Å². The highest BCUT2D eigenvalue weighted by Crippen LogP contribution is 2.40. The summed E-state index contributed by atoms with van der Waals surface area (Å²) < 4.78 is 12.5. The van der Waals surface area contributed by atoms with Crippen LogP contribution in [0.2, 0.25) is 10.0 Å². The number of nitrogens with zero attached hydrogens (tertiary/aromatic N) is 2. The van der Waals surface area contributed by atoms with Crippen molar-refractivity contribution < 1.29 is 14.3 Å². The monoisotopic (exact) mass is 638 g/mol. The third-order valence-electron chi connectivity index (χ3n) is 4.86. The molecule has 0 unspecified atom stereocenters. The van der Waals surface area contributed by atoms with Crippen molar-refractivity contribution in [2.24, 2.45) is 4.99 Å². The van der Waals surface area contributed by atoms with Crippen LogP contribution in [-0.2, 0) is 4.79 Å². The molecule has 180 valence electrons. The van der Waals surface area contributed by atoms with Crippen LogP contribution in [0.15, 0.2) is 70.6 Å². The van der Waals surface area contributed by atoms with Gasteiger partial charge in [-0.25, -0.2) is 4.99 Å². The normalized spacial score (nSPS) is 15.8. The number of rotatable bonds is 7. The zero-order valence-electron chi connectivity index (χ0n) is 18.9. The SMILES string of the molecule is CCOc1cc(/C=C2\SC(=Nc3ccc(Cl)cc3)N(c3ccc(Cl)cc3)C2=O)cc(I)c1OCC. The van der Waals surface area contributed by atoms with Gasteiger partial charge in [0.1, 0.15) is 0 Å². The van der Waals surface area contributed by atoms with Gasteiger partial charge in [-0.2, -0.15) is 0 Å². The highest BCUT2D eigenvalue weighted by Gasteiger charge is 2.35. The molecule has 0 N–H and O–H groups in total. The molecule has 1 aliphatic rings. The molecule has 5 nitrogen and oxygen atoms in total. The average molecular weight is 639 g/mol. The Morgan fingerprint density at radius 3 is 2.23 bits per heavy atom. The third-order valence-corrected chi connectivity index (χ3v) is 7.13. The van der Waals surface area contributed by atoms with Crippen LogP contribution in [0.25, 0.3) is 6.08 Å². The van der Waals surface area contributed by atoms with E-state index in [-0.39, 0.29) is 5.91 Å². The van der Waals surface area contributed by atoms with E-state index in [0.29, 0.717) is 56.2 Å². The lowest BCUT2D eigenvalue weighted by Crippen LogP contribution is -2.28. The van der Waals surface area contributed by atoms with Gasteiger partial charge >= 0.3 is 0 Å². The second kappa shape index (κ2) is 11.7. The van der Waals surface area contributed by atoms with Crippen LogP contribution < -0.4 is 14.4 Å². The average Bonchev–Trinajstić information content (AvgIpc) is 3.13. The van der Waals surface area contributed by atoms with Gasteiger partial charge in [-0.1, -0.05) is 23.2 Å². The molecule has 0 spiro atoms. The van der Waals surface area contributed by atoms with Crippen molar-refractivity contribution in [1.82, 2.24) is 0 Å². The van der Waals surface area contributed by atoms with Crippen molar-refractivity contribution in [3.05, 3.63) is 84.7 Å². The summed E-state index contributed by atoms with van der Waals surface area (Å²) >= 11 is 15.6. The number of anilines is 1. The Kier molecular flexibility index (Phi) is 8.64. The highest BCUT2D eigenvalue weighted by atomic mass is 127. The van der Waals surface area contributed by atoms with Gasteiger partial charge in [0.25, 0.3) is 5.91 Å². The molecule has 3 aromatic carbocycles. The third kappa shape index (κ3) is 6.14. The van der Waals surface area contributed by atoms with E-state index in [0.717, 1.165) is 9.13 Å². The van der Waals surface area contributed by atoms with Crippen LogP contribution in [-0.4, -0.2) is 24.3 Å². The lowest BCUT2D eigenvalue weighted by Gasteiger charge is -2.15. The van der Waals surface area contributed by atoms with Gasteiger partial charge in [0.15, 0.2) is 16.7 Å². The number of amidine groups is 1. The Morgan fingerprint density at radius 2 is 1.60 bits per heavy atom. The molecule has 0 bridgehead atoms. The number of carbonyl (C=O) groups excluding carboxylic acids is 1. The first-order valence-corrected chi connectivity index (χ1v) is 13.5. The maximum Gasteiger partial charge on any atom is 0.271 e. The highest BCUT2D eigenvalue weighted by molar-refractivity contribution is 14.1. The zero-order chi connectivity index (χ0) is 24.9. The van der Waals surface area contributed by atoms with Gasteiger partial charge in [0, 0.05) is 10.0 Å². The summed E-state index contributed by atoms with van der Waals surface area (Å²) in [5, 5.41) is 1.75. The molecule has 1 aliphatic heterocycles. The van der Waals surface area contributed by atoms with Crippen LogP contribution in [0.5, 0.6) is 11.5 Å². The van der Waals surface area contributed by atoms with Gasteiger partial charge in [0.05, 0.1) is 33.1 Å². The summed E-state index contributed by atoms with van der Waals surface area (Å²) in [5.74, 6) is 1.18. The van der Waals surface area contributed by atoms with Crippen molar-refractivity contribution in [3.8, 4) is 11.5 Å². The first-order valence-electron chi connectivity index (χ1n) is 10.8. The Labute approximate surface area is 232 Å². The molecule has 0 radical (unpaired) electrons. The Morgan fingerprint density at radius 1 is 0.971 bits per heavy atom. The van der Waals surface area contributed by atoms with Crippen LogP contribution in [0.1, 0.15) is 19.4 Å². The van der Waals surface area contributed by atoms with E-state index in [2.05, 4.69) is 22.6 Å². The van der Waals surface area contributed by atoms with Gasteiger partial charge < -0.3 is 9.47 Å². The number of halogens is 3. The van der Waals surface area contributed by atoms with Gasteiger partial charge in [-0.05, 0) is 121 Å². The fraction of sp³-hybridized carbons (Fsp3) is 0.154. The summed E-state index contributed by atoms with van der Waals surface area (Å²) in [6, 6.07) is 18.1. The number of ether oxygens (including phenoxy) is 2. The minimum Gasteiger partial charge on any atom is -0.490 e. The lowest BCUT2D eigenvalue weighted by atomic mass is 10.1. The molecule has 0 saturated carbocycles. The summed E-state index contributed by atoms with van der Waals surface area (Å²) in [6.45, 7) is 4.90. The Balaban J connectivity index is 1.76. The molecule has 1 amide bonds. The molecule has 1 saturated heterocycles. The Bertz CT molecular complexity index is 1300. The van der Waals surface area contributed by atoms with E-state index in [1.165, 1.54) is 11.8 Å². The maximum absolute atomic E-state index is 13.6. The van der Waals surface area contributed by atoms with Crippen molar-refractivity contribution in [2.45, 2.75) is 13.8 Å². The van der Waals surface area contributed by atoms with E-state index >= 15 is 0 Å². The molecule has 9 heteroatoms. The maximum atomic E-state index is 13.6. The molecule has 0 atom stereocenters. The number of benzene rings is 3. The molecular weight excluding hydrogens is 618 g/mol. The van der Waals surface area contributed by atoms with Crippen molar-refractivity contribution in [3.63, 3.8) is 0 Å².